The Labute approximate surface area is 255 Å². The molecule has 4 rings (SSSR count). The van der Waals surface area contributed by atoms with Gasteiger partial charge < -0.3 is 25.1 Å². The summed E-state index contributed by atoms with van der Waals surface area (Å²) >= 11 is 7.77. The summed E-state index contributed by atoms with van der Waals surface area (Å²) in [6.07, 6.45) is -10.1. The molecule has 0 aliphatic carbocycles. The second-order valence-corrected chi connectivity index (χ2v) is 9.54. The SMILES string of the molecule is CCN1CCN(c2ncnc3scc(-c4cncc(Cl)c4)c23)CC1.O=C(O)C(F)(F)F.O=C(O)C(F)(F)F.O=C(O)C(F)(F)F. The molecular weight excluding hydrogens is 681 g/mol. The van der Waals surface area contributed by atoms with Crippen LogP contribution in [0.4, 0.5) is 45.3 Å². The molecule has 0 atom stereocenters. The zero-order valence-electron chi connectivity index (χ0n) is 22.4. The minimum absolute atomic E-state index is 0.641. The molecule has 3 aromatic heterocycles. The number of carbonyl (C=O) groups is 3. The van der Waals surface area contributed by atoms with Gasteiger partial charge in [-0.05, 0) is 12.6 Å². The van der Waals surface area contributed by atoms with E-state index >= 15 is 0 Å². The molecule has 4 heterocycles. The summed E-state index contributed by atoms with van der Waals surface area (Å²) in [4.78, 5) is 45.8. The average molecular weight is 702 g/mol. The zero-order chi connectivity index (χ0) is 34.8. The van der Waals surface area contributed by atoms with Crippen LogP contribution in [0, 0.1) is 0 Å². The number of hydrogen-bond donors (Lipinski definition) is 3. The van der Waals surface area contributed by atoms with Crippen LogP contribution in [0.1, 0.15) is 6.92 Å². The van der Waals surface area contributed by atoms with Crippen molar-refractivity contribution in [3.63, 3.8) is 0 Å². The van der Waals surface area contributed by atoms with Gasteiger partial charge in [-0.2, -0.15) is 39.5 Å². The fourth-order valence-corrected chi connectivity index (χ4v) is 4.23. The summed E-state index contributed by atoms with van der Waals surface area (Å²) < 4.78 is 95.2. The topological polar surface area (TPSA) is 157 Å². The van der Waals surface area contributed by atoms with E-state index in [0.717, 1.165) is 59.9 Å². The van der Waals surface area contributed by atoms with Gasteiger partial charge in [-0.25, -0.2) is 24.4 Å². The van der Waals surface area contributed by atoms with E-state index < -0.39 is 36.4 Å². The molecule has 0 radical (unpaired) electrons. The van der Waals surface area contributed by atoms with Gasteiger partial charge in [-0.3, -0.25) is 4.98 Å². The molecule has 1 fully saturated rings. The number of carboxylic acids is 3. The minimum Gasteiger partial charge on any atom is -0.475 e. The summed E-state index contributed by atoms with van der Waals surface area (Å²) in [6.45, 7) is 7.43. The number of aliphatic carboxylic acids is 3. The van der Waals surface area contributed by atoms with E-state index in [1.807, 2.05) is 12.3 Å². The van der Waals surface area contributed by atoms with Crippen molar-refractivity contribution in [1.82, 2.24) is 19.9 Å². The number of likely N-dealkylation sites (N-methyl/N-ethyl adjacent to an activating group) is 1. The standard InChI is InChI=1S/C17H18ClN5S.3C2HF3O2/c1-2-22-3-5-23(6-4-22)16-15-14(10-24-17(15)21-11-20-16)12-7-13(18)9-19-8-12;3*3-2(4,5)1(6)7/h7-11H,2-6H2,1H3;3*(H,6,7). The zero-order valence-corrected chi connectivity index (χ0v) is 24.0. The number of aromatic nitrogens is 3. The molecule has 45 heavy (non-hydrogen) atoms. The van der Waals surface area contributed by atoms with Gasteiger partial charge in [-0.1, -0.05) is 18.5 Å². The minimum atomic E-state index is -5.08. The number of nitrogens with zero attached hydrogens (tertiary/aromatic N) is 5. The van der Waals surface area contributed by atoms with Crippen molar-refractivity contribution in [3.05, 3.63) is 35.2 Å². The van der Waals surface area contributed by atoms with Crippen molar-refractivity contribution in [3.8, 4) is 11.1 Å². The van der Waals surface area contributed by atoms with Crippen LogP contribution in [0.2, 0.25) is 5.02 Å². The number of pyridine rings is 1. The van der Waals surface area contributed by atoms with Crippen molar-refractivity contribution in [1.29, 1.82) is 0 Å². The first kappa shape index (κ1) is 39.0. The van der Waals surface area contributed by atoms with E-state index in [4.69, 9.17) is 41.3 Å². The Bertz CT molecular complexity index is 1390. The van der Waals surface area contributed by atoms with Gasteiger partial charge >= 0.3 is 36.4 Å². The van der Waals surface area contributed by atoms with Gasteiger partial charge in [0.2, 0.25) is 0 Å². The second kappa shape index (κ2) is 16.4. The smallest absolute Gasteiger partial charge is 0.475 e. The first-order chi connectivity index (χ1) is 20.6. The molecule has 0 unspecified atom stereocenters. The summed E-state index contributed by atoms with van der Waals surface area (Å²) in [5.41, 5.74) is 2.12. The Morgan fingerprint density at radius 2 is 1.31 bits per heavy atom. The molecule has 1 aliphatic heterocycles. The number of fused-ring (bicyclic) bond motifs is 1. The van der Waals surface area contributed by atoms with Crippen molar-refractivity contribution in [2.24, 2.45) is 0 Å². The van der Waals surface area contributed by atoms with E-state index in [0.29, 0.717) is 5.02 Å². The van der Waals surface area contributed by atoms with Crippen molar-refractivity contribution in [2.45, 2.75) is 25.5 Å². The fraction of sp³-hybridized carbons (Fsp3) is 0.391. The van der Waals surface area contributed by atoms with E-state index in [1.54, 1.807) is 23.9 Å². The van der Waals surface area contributed by atoms with Gasteiger partial charge in [-0.15, -0.1) is 11.3 Å². The fourth-order valence-electron chi connectivity index (χ4n) is 3.15. The summed E-state index contributed by atoms with van der Waals surface area (Å²) in [6, 6.07) is 1.95. The molecule has 0 bridgehead atoms. The number of rotatable bonds is 3. The maximum absolute atomic E-state index is 10.6. The van der Waals surface area contributed by atoms with E-state index in [2.05, 4.69) is 37.1 Å². The van der Waals surface area contributed by atoms with Crippen LogP contribution in [0.3, 0.4) is 0 Å². The quantitative estimate of drug-likeness (QED) is 0.299. The molecule has 250 valence electrons. The highest BCUT2D eigenvalue weighted by molar-refractivity contribution is 7.17. The first-order valence-corrected chi connectivity index (χ1v) is 13.1. The normalized spacial score (nSPS) is 13.8. The predicted octanol–water partition coefficient (Wildman–Crippen LogP) is 5.45. The maximum Gasteiger partial charge on any atom is 0.490 e. The van der Waals surface area contributed by atoms with Crippen LogP contribution < -0.4 is 4.90 Å². The third kappa shape index (κ3) is 12.9. The monoisotopic (exact) mass is 701 g/mol. The van der Waals surface area contributed by atoms with Gasteiger partial charge in [0.05, 0.1) is 10.4 Å². The van der Waals surface area contributed by atoms with Gasteiger partial charge in [0.15, 0.2) is 0 Å². The van der Waals surface area contributed by atoms with Crippen LogP contribution >= 0.6 is 22.9 Å². The third-order valence-electron chi connectivity index (χ3n) is 5.21. The largest absolute Gasteiger partial charge is 0.490 e. The predicted molar refractivity (Wildman–Crippen MR) is 141 cm³/mol. The molecule has 0 spiro atoms. The number of carboxylic acid groups (broad SMARTS) is 3. The van der Waals surface area contributed by atoms with E-state index in [-0.39, 0.29) is 0 Å². The number of hydrogen-bond acceptors (Lipinski definition) is 9. The number of anilines is 1. The van der Waals surface area contributed by atoms with Crippen molar-refractivity contribution < 1.29 is 69.2 Å². The average Bonchev–Trinajstić information content (AvgIpc) is 3.37. The Morgan fingerprint density at radius 3 is 1.71 bits per heavy atom. The molecule has 0 saturated carbocycles. The van der Waals surface area contributed by atoms with Crippen LogP contribution in [0.5, 0.6) is 0 Å². The molecule has 1 aliphatic rings. The summed E-state index contributed by atoms with van der Waals surface area (Å²) in [5.74, 6) is -7.25. The highest BCUT2D eigenvalue weighted by Crippen LogP contribution is 2.38. The lowest BCUT2D eigenvalue weighted by Gasteiger charge is -2.35. The second-order valence-electron chi connectivity index (χ2n) is 8.25. The maximum atomic E-state index is 10.6. The van der Waals surface area contributed by atoms with Crippen LogP contribution in [0.25, 0.3) is 21.3 Å². The van der Waals surface area contributed by atoms with E-state index in [1.165, 1.54) is 0 Å². The number of thiophene rings is 1. The van der Waals surface area contributed by atoms with Crippen LogP contribution in [-0.2, 0) is 14.4 Å². The molecular formula is C23H21ClF9N5O6S. The molecule has 3 aromatic rings. The van der Waals surface area contributed by atoms with E-state index in [9.17, 15) is 39.5 Å². The number of alkyl halides is 9. The van der Waals surface area contributed by atoms with Gasteiger partial charge in [0, 0.05) is 55.1 Å². The van der Waals surface area contributed by atoms with Gasteiger partial charge in [0.1, 0.15) is 17.0 Å². The molecule has 0 amide bonds. The molecule has 22 heteroatoms. The summed E-state index contributed by atoms with van der Waals surface area (Å²) in [7, 11) is 0. The Morgan fingerprint density at radius 1 is 0.844 bits per heavy atom. The highest BCUT2D eigenvalue weighted by atomic mass is 35.5. The molecule has 0 aromatic carbocycles. The Hall–Kier alpha value is -3.98. The number of halogens is 10. The molecule has 1 saturated heterocycles. The van der Waals surface area contributed by atoms with Crippen LogP contribution in [-0.4, -0.2) is 104 Å². The molecule has 3 N–H and O–H groups in total. The van der Waals surface area contributed by atoms with Crippen molar-refractivity contribution >= 4 is 56.9 Å². The van der Waals surface area contributed by atoms with Gasteiger partial charge in [0.25, 0.3) is 0 Å². The highest BCUT2D eigenvalue weighted by Gasteiger charge is 2.39. The molecule has 11 nitrogen and oxygen atoms in total. The Kier molecular flexibility index (Phi) is 14.2. The van der Waals surface area contributed by atoms with Crippen molar-refractivity contribution in [2.75, 3.05) is 37.6 Å². The lowest BCUT2D eigenvalue weighted by molar-refractivity contribution is -0.193. The van der Waals surface area contributed by atoms with Crippen LogP contribution in [0.15, 0.2) is 30.2 Å². The summed E-state index contributed by atoms with van der Waals surface area (Å²) in [5, 5.41) is 25.2. The lowest BCUT2D eigenvalue weighted by atomic mass is 10.1. The first-order valence-electron chi connectivity index (χ1n) is 11.8. The number of piperazine rings is 1. The lowest BCUT2D eigenvalue weighted by Crippen LogP contribution is -2.46. The third-order valence-corrected chi connectivity index (χ3v) is 6.31. The Balaban J connectivity index is 0.000000396.